The first-order valence-electron chi connectivity index (χ1n) is 3.59. The van der Waals surface area contributed by atoms with Crippen molar-refractivity contribution < 1.29 is 4.39 Å². The van der Waals surface area contributed by atoms with Gasteiger partial charge in [-0.25, -0.2) is 0 Å². The topological polar surface area (TPSA) is 0 Å². The minimum atomic E-state index is -0.157. The van der Waals surface area contributed by atoms with Gasteiger partial charge in [0.05, 0.1) is 6.67 Å². The van der Waals surface area contributed by atoms with Crippen molar-refractivity contribution in [1.29, 1.82) is 0 Å². The quantitative estimate of drug-likeness (QED) is 0.396. The Kier molecular flexibility index (Phi) is 7.39. The second kappa shape index (κ2) is 7.67. The fourth-order valence-corrected chi connectivity index (χ4v) is 0.700. The average Bonchev–Trinajstić information content (AvgIpc) is 1.89. The molecule has 0 spiro atoms. The minimum absolute atomic E-state index is 0.157. The molecule has 0 saturated carbocycles. The Bertz CT molecular complexity index is 67.0. The number of unbranched alkanes of at least 4 members (excludes halogenated alkanes) is 3. The van der Waals surface area contributed by atoms with Gasteiger partial charge >= 0.3 is 0 Å². The first kappa shape index (κ1) is 8.67. The Morgan fingerprint density at radius 1 is 1.22 bits per heavy atom. The highest BCUT2D eigenvalue weighted by atomic mass is 19.1. The highest BCUT2D eigenvalue weighted by Gasteiger charge is 1.84. The smallest absolute Gasteiger partial charge is 0.0894 e. The molecular formula is C8H15F. The van der Waals surface area contributed by atoms with E-state index in [2.05, 4.69) is 6.08 Å². The van der Waals surface area contributed by atoms with Gasteiger partial charge in [-0.3, -0.25) is 4.39 Å². The van der Waals surface area contributed by atoms with Crippen molar-refractivity contribution in [3.63, 3.8) is 0 Å². The van der Waals surface area contributed by atoms with Crippen LogP contribution in [0.3, 0.4) is 0 Å². The molecule has 0 bridgehead atoms. The van der Waals surface area contributed by atoms with Crippen LogP contribution in [-0.2, 0) is 0 Å². The minimum Gasteiger partial charge on any atom is -0.251 e. The van der Waals surface area contributed by atoms with Gasteiger partial charge in [-0.2, -0.15) is 0 Å². The molecule has 0 aromatic rings. The molecule has 0 amide bonds. The highest BCUT2D eigenvalue weighted by molar-refractivity contribution is 4.75. The molecule has 0 saturated heterocycles. The number of rotatable bonds is 5. The third-order valence-corrected chi connectivity index (χ3v) is 1.24. The third kappa shape index (κ3) is 7.67. The van der Waals surface area contributed by atoms with E-state index < -0.39 is 0 Å². The summed E-state index contributed by atoms with van der Waals surface area (Å²) in [5.74, 6) is 0. The molecule has 0 rings (SSSR count). The molecule has 1 heteroatoms. The summed E-state index contributed by atoms with van der Waals surface area (Å²) in [5, 5.41) is 0. The van der Waals surface area contributed by atoms with Gasteiger partial charge < -0.3 is 0 Å². The van der Waals surface area contributed by atoms with Crippen molar-refractivity contribution in [1.82, 2.24) is 0 Å². The summed E-state index contributed by atoms with van der Waals surface area (Å²) in [6.45, 7) is 1.85. The van der Waals surface area contributed by atoms with Gasteiger partial charge in [-0.05, 0) is 26.2 Å². The van der Waals surface area contributed by atoms with Crippen molar-refractivity contribution in [3.05, 3.63) is 12.2 Å². The molecule has 54 valence electrons. The molecule has 0 N–H and O–H groups in total. The van der Waals surface area contributed by atoms with Gasteiger partial charge in [-0.15, -0.1) is 0 Å². The zero-order valence-corrected chi connectivity index (χ0v) is 6.07. The second-order valence-corrected chi connectivity index (χ2v) is 2.11. The highest BCUT2D eigenvalue weighted by Crippen LogP contribution is 2.00. The molecule has 0 unspecified atom stereocenters. The van der Waals surface area contributed by atoms with E-state index in [1.807, 2.05) is 13.0 Å². The lowest BCUT2D eigenvalue weighted by molar-refractivity contribution is 0.457. The molecule has 0 fully saturated rings. The first-order valence-corrected chi connectivity index (χ1v) is 3.59. The van der Waals surface area contributed by atoms with Crippen molar-refractivity contribution in [3.8, 4) is 0 Å². The van der Waals surface area contributed by atoms with Gasteiger partial charge in [-0.1, -0.05) is 18.6 Å². The first-order chi connectivity index (χ1) is 4.41. The summed E-state index contributed by atoms with van der Waals surface area (Å²) in [6, 6.07) is 0. The number of hydrogen-bond acceptors (Lipinski definition) is 0. The van der Waals surface area contributed by atoms with Crippen LogP contribution in [0.4, 0.5) is 4.39 Å². The van der Waals surface area contributed by atoms with Crippen molar-refractivity contribution in [2.75, 3.05) is 6.67 Å². The second-order valence-electron chi connectivity index (χ2n) is 2.11. The molecule has 0 heterocycles. The number of halogens is 1. The van der Waals surface area contributed by atoms with E-state index in [0.717, 1.165) is 25.7 Å². The van der Waals surface area contributed by atoms with E-state index >= 15 is 0 Å². The Hall–Kier alpha value is -0.330. The molecular weight excluding hydrogens is 115 g/mol. The fraction of sp³-hybridized carbons (Fsp3) is 0.750. The SMILES string of the molecule is C/C=C/CCCCCF. The standard InChI is InChI=1S/C8H15F/c1-2-3-4-5-6-7-8-9/h2-3H,4-8H2,1H3/b3-2+. The van der Waals surface area contributed by atoms with Crippen LogP contribution in [0, 0.1) is 0 Å². The number of allylic oxidation sites excluding steroid dienone is 2. The lowest BCUT2D eigenvalue weighted by Gasteiger charge is -1.91. The van der Waals surface area contributed by atoms with Gasteiger partial charge in [0.15, 0.2) is 0 Å². The largest absolute Gasteiger partial charge is 0.251 e. The summed E-state index contributed by atoms with van der Waals surface area (Å²) in [5.41, 5.74) is 0. The van der Waals surface area contributed by atoms with Crippen LogP contribution in [-0.4, -0.2) is 6.67 Å². The molecule has 0 aromatic carbocycles. The lowest BCUT2D eigenvalue weighted by Crippen LogP contribution is -1.76. The summed E-state index contributed by atoms with van der Waals surface area (Å²) in [4.78, 5) is 0. The van der Waals surface area contributed by atoms with Gasteiger partial charge in [0.25, 0.3) is 0 Å². The van der Waals surface area contributed by atoms with E-state index in [9.17, 15) is 4.39 Å². The maximum atomic E-state index is 11.5. The molecule has 0 radical (unpaired) electrons. The van der Waals surface area contributed by atoms with Gasteiger partial charge in [0.2, 0.25) is 0 Å². The van der Waals surface area contributed by atoms with E-state index in [1.54, 1.807) is 0 Å². The monoisotopic (exact) mass is 130 g/mol. The molecule has 9 heavy (non-hydrogen) atoms. The predicted octanol–water partition coefficient (Wildman–Crippen LogP) is 3.09. The summed E-state index contributed by atoms with van der Waals surface area (Å²) in [6.07, 6.45) is 8.16. The van der Waals surface area contributed by atoms with Crippen LogP contribution in [0.2, 0.25) is 0 Å². The van der Waals surface area contributed by atoms with Crippen LogP contribution in [0.15, 0.2) is 12.2 Å². The normalized spacial score (nSPS) is 10.9. The van der Waals surface area contributed by atoms with E-state index in [1.165, 1.54) is 0 Å². The maximum Gasteiger partial charge on any atom is 0.0894 e. The van der Waals surface area contributed by atoms with E-state index in [-0.39, 0.29) is 6.67 Å². The Morgan fingerprint density at radius 3 is 2.56 bits per heavy atom. The zero-order chi connectivity index (χ0) is 6.95. The van der Waals surface area contributed by atoms with Gasteiger partial charge in [0, 0.05) is 0 Å². The van der Waals surface area contributed by atoms with Gasteiger partial charge in [0.1, 0.15) is 0 Å². The maximum absolute atomic E-state index is 11.5. The number of alkyl halides is 1. The van der Waals surface area contributed by atoms with Crippen molar-refractivity contribution >= 4 is 0 Å². The van der Waals surface area contributed by atoms with Crippen LogP contribution in [0.5, 0.6) is 0 Å². The van der Waals surface area contributed by atoms with Crippen molar-refractivity contribution in [2.45, 2.75) is 32.6 Å². The Labute approximate surface area is 56.8 Å². The molecule has 0 aliphatic heterocycles. The Balaban J connectivity index is 2.75. The molecule has 0 nitrogen and oxygen atoms in total. The third-order valence-electron chi connectivity index (χ3n) is 1.24. The fourth-order valence-electron chi connectivity index (χ4n) is 0.700. The summed E-state index contributed by atoms with van der Waals surface area (Å²) in [7, 11) is 0. The lowest BCUT2D eigenvalue weighted by atomic mass is 10.2. The van der Waals surface area contributed by atoms with Crippen LogP contribution in [0.25, 0.3) is 0 Å². The summed E-state index contributed by atoms with van der Waals surface area (Å²) < 4.78 is 11.5. The van der Waals surface area contributed by atoms with Crippen molar-refractivity contribution in [2.24, 2.45) is 0 Å². The van der Waals surface area contributed by atoms with Crippen LogP contribution in [0.1, 0.15) is 32.6 Å². The van der Waals surface area contributed by atoms with Crippen LogP contribution < -0.4 is 0 Å². The summed E-state index contributed by atoms with van der Waals surface area (Å²) >= 11 is 0. The van der Waals surface area contributed by atoms with Crippen LogP contribution >= 0.6 is 0 Å². The zero-order valence-electron chi connectivity index (χ0n) is 6.07. The molecule has 0 aromatic heterocycles. The predicted molar refractivity (Wildman–Crippen MR) is 39.3 cm³/mol. The average molecular weight is 130 g/mol. The molecule has 0 aliphatic carbocycles. The molecule has 0 aliphatic rings. The van der Waals surface area contributed by atoms with E-state index in [4.69, 9.17) is 0 Å². The Morgan fingerprint density at radius 2 is 2.00 bits per heavy atom. The van der Waals surface area contributed by atoms with E-state index in [0.29, 0.717) is 0 Å². The number of hydrogen-bond donors (Lipinski definition) is 0. The molecule has 0 atom stereocenters.